The second kappa shape index (κ2) is 8.66. The van der Waals surface area contributed by atoms with Crippen molar-refractivity contribution in [2.45, 2.75) is 69.2 Å². The first-order valence-corrected chi connectivity index (χ1v) is 10.2. The van der Waals surface area contributed by atoms with Crippen LogP contribution in [0.1, 0.15) is 69.4 Å². The minimum atomic E-state index is -0.379. The van der Waals surface area contributed by atoms with Crippen molar-refractivity contribution in [2.24, 2.45) is 5.92 Å². The van der Waals surface area contributed by atoms with E-state index in [0.717, 1.165) is 70.0 Å². The second-order valence-electron chi connectivity index (χ2n) is 7.82. The van der Waals surface area contributed by atoms with Gasteiger partial charge in [-0.1, -0.05) is 24.4 Å². The molecule has 2 fully saturated rings. The third-order valence-electron chi connectivity index (χ3n) is 6.20. The quantitative estimate of drug-likeness (QED) is 0.776. The summed E-state index contributed by atoms with van der Waals surface area (Å²) >= 11 is 6.16. The summed E-state index contributed by atoms with van der Waals surface area (Å²) in [4.78, 5) is 16.5. The molecule has 26 heavy (non-hydrogen) atoms. The zero-order valence-electron chi connectivity index (χ0n) is 15.5. The Hall–Kier alpha value is -1.20. The van der Waals surface area contributed by atoms with Crippen molar-refractivity contribution in [1.29, 1.82) is 0 Å². The first kappa shape index (κ1) is 19.6. The number of hydrogen-bond donors (Lipinski definition) is 2. The number of carbonyl (C=O) groups is 1. The van der Waals surface area contributed by atoms with Crippen LogP contribution in [0.5, 0.6) is 0 Å². The fraction of sp³-hybridized carbons (Fsp3) is 0.700. The van der Waals surface area contributed by atoms with Crippen LogP contribution in [0.3, 0.4) is 0 Å². The highest BCUT2D eigenvalue weighted by molar-refractivity contribution is 6.31. The van der Waals surface area contributed by atoms with Gasteiger partial charge in [0, 0.05) is 13.0 Å². The lowest BCUT2D eigenvalue weighted by Gasteiger charge is -2.31. The molecule has 0 radical (unpaired) electrons. The van der Waals surface area contributed by atoms with E-state index in [0.29, 0.717) is 16.9 Å². The summed E-state index contributed by atoms with van der Waals surface area (Å²) in [6, 6.07) is 1.36. The molecular formula is C20H29ClFN3O. The number of halogens is 2. The summed E-state index contributed by atoms with van der Waals surface area (Å²) in [6.07, 6.45) is 10.8. The van der Waals surface area contributed by atoms with Crippen molar-refractivity contribution in [2.75, 3.05) is 13.6 Å². The molecule has 2 N–H and O–H groups in total. The number of likely N-dealkylation sites (N-methyl/N-ethyl adjacent to an activating group) is 1. The first-order valence-electron chi connectivity index (χ1n) is 9.82. The largest absolute Gasteiger partial charge is 0.358 e. The highest BCUT2D eigenvalue weighted by atomic mass is 35.5. The molecule has 144 valence electrons. The van der Waals surface area contributed by atoms with Crippen LogP contribution in [0.15, 0.2) is 12.3 Å². The Morgan fingerprint density at radius 1 is 1.31 bits per heavy atom. The lowest BCUT2D eigenvalue weighted by atomic mass is 9.79. The van der Waals surface area contributed by atoms with Gasteiger partial charge >= 0.3 is 0 Å². The molecule has 0 atom stereocenters. The number of pyridine rings is 1. The molecule has 0 saturated heterocycles. The van der Waals surface area contributed by atoms with Gasteiger partial charge in [-0.3, -0.25) is 9.78 Å². The Balaban J connectivity index is 1.46. The van der Waals surface area contributed by atoms with Crippen LogP contribution in [0.4, 0.5) is 4.39 Å². The molecule has 2 aliphatic rings. The standard InChI is InChI=1S/C20H29ClFN3O/c1-23-19(26)20(9-2-3-10-20)25-11-8-14-4-6-15(7-5-14)18-17(21)12-16(22)13-24-18/h12-15,25H,2-11H2,1H3,(H,23,26). The third kappa shape index (κ3) is 4.37. The van der Waals surface area contributed by atoms with E-state index in [1.165, 1.54) is 12.3 Å². The fourth-order valence-corrected chi connectivity index (χ4v) is 4.97. The van der Waals surface area contributed by atoms with Gasteiger partial charge in [0.1, 0.15) is 5.82 Å². The van der Waals surface area contributed by atoms with Crippen molar-refractivity contribution < 1.29 is 9.18 Å². The van der Waals surface area contributed by atoms with Gasteiger partial charge in [-0.25, -0.2) is 4.39 Å². The van der Waals surface area contributed by atoms with Crippen LogP contribution < -0.4 is 10.6 Å². The molecule has 1 amide bonds. The molecule has 0 unspecified atom stereocenters. The minimum absolute atomic E-state index is 0.135. The van der Waals surface area contributed by atoms with E-state index in [2.05, 4.69) is 15.6 Å². The predicted molar refractivity (Wildman–Crippen MR) is 102 cm³/mol. The summed E-state index contributed by atoms with van der Waals surface area (Å²) in [5.41, 5.74) is 0.492. The molecule has 2 aliphatic carbocycles. The van der Waals surface area contributed by atoms with Crippen LogP contribution in [0, 0.1) is 11.7 Å². The molecule has 0 spiro atoms. The molecule has 1 aromatic rings. The van der Waals surface area contributed by atoms with Crippen LogP contribution in [0.25, 0.3) is 0 Å². The van der Waals surface area contributed by atoms with E-state index in [-0.39, 0.29) is 17.3 Å². The van der Waals surface area contributed by atoms with Gasteiger partial charge in [-0.05, 0) is 63.5 Å². The minimum Gasteiger partial charge on any atom is -0.358 e. The molecule has 0 aliphatic heterocycles. The van der Waals surface area contributed by atoms with Gasteiger partial charge in [0.25, 0.3) is 0 Å². The topological polar surface area (TPSA) is 54.0 Å². The van der Waals surface area contributed by atoms with E-state index >= 15 is 0 Å². The van der Waals surface area contributed by atoms with Gasteiger partial charge in [-0.15, -0.1) is 0 Å². The molecule has 3 rings (SSSR count). The lowest BCUT2D eigenvalue weighted by Crippen LogP contribution is -2.54. The number of nitrogens with one attached hydrogen (secondary N) is 2. The van der Waals surface area contributed by atoms with Crippen LogP contribution in [-0.4, -0.2) is 30.0 Å². The van der Waals surface area contributed by atoms with Gasteiger partial charge in [0.2, 0.25) is 5.91 Å². The van der Waals surface area contributed by atoms with E-state index in [1.807, 2.05) is 0 Å². The number of nitrogens with zero attached hydrogens (tertiary/aromatic N) is 1. The predicted octanol–water partition coefficient (Wildman–Crippen LogP) is 4.19. The molecule has 0 bridgehead atoms. The molecule has 6 heteroatoms. The highest BCUT2D eigenvalue weighted by Gasteiger charge is 2.40. The maximum Gasteiger partial charge on any atom is 0.240 e. The van der Waals surface area contributed by atoms with E-state index in [4.69, 9.17) is 11.6 Å². The summed E-state index contributed by atoms with van der Waals surface area (Å²) < 4.78 is 13.2. The van der Waals surface area contributed by atoms with Crippen LogP contribution >= 0.6 is 11.6 Å². The Kier molecular flexibility index (Phi) is 6.51. The number of aromatic nitrogens is 1. The lowest BCUT2D eigenvalue weighted by molar-refractivity contribution is -0.127. The normalized spacial score (nSPS) is 25.2. The summed E-state index contributed by atoms with van der Waals surface area (Å²) in [7, 11) is 1.72. The zero-order chi connectivity index (χ0) is 18.6. The van der Waals surface area contributed by atoms with E-state index in [9.17, 15) is 9.18 Å². The Bertz CT molecular complexity index is 625. The molecular weight excluding hydrogens is 353 g/mol. The molecule has 1 heterocycles. The van der Waals surface area contributed by atoms with Crippen molar-refractivity contribution in [3.05, 3.63) is 28.8 Å². The summed E-state index contributed by atoms with van der Waals surface area (Å²) in [5, 5.41) is 6.83. The zero-order valence-corrected chi connectivity index (χ0v) is 16.2. The number of carbonyl (C=O) groups excluding carboxylic acids is 1. The maximum absolute atomic E-state index is 13.2. The monoisotopic (exact) mass is 381 g/mol. The Labute approximate surface area is 160 Å². The molecule has 1 aromatic heterocycles. The third-order valence-corrected chi connectivity index (χ3v) is 6.51. The van der Waals surface area contributed by atoms with Crippen molar-refractivity contribution in [3.63, 3.8) is 0 Å². The molecule has 4 nitrogen and oxygen atoms in total. The molecule has 2 saturated carbocycles. The van der Waals surface area contributed by atoms with Gasteiger partial charge in [-0.2, -0.15) is 0 Å². The van der Waals surface area contributed by atoms with Crippen LogP contribution in [-0.2, 0) is 4.79 Å². The number of hydrogen-bond acceptors (Lipinski definition) is 3. The smallest absolute Gasteiger partial charge is 0.240 e. The van der Waals surface area contributed by atoms with Crippen LogP contribution in [0.2, 0.25) is 5.02 Å². The van der Waals surface area contributed by atoms with Gasteiger partial charge in [0.05, 0.1) is 22.5 Å². The average molecular weight is 382 g/mol. The summed E-state index contributed by atoms with van der Waals surface area (Å²) in [6.45, 7) is 0.887. The number of rotatable bonds is 6. The van der Waals surface area contributed by atoms with Crippen molar-refractivity contribution in [3.8, 4) is 0 Å². The molecule has 0 aromatic carbocycles. The Morgan fingerprint density at radius 2 is 2.00 bits per heavy atom. The average Bonchev–Trinajstić information content (AvgIpc) is 3.12. The van der Waals surface area contributed by atoms with Crippen molar-refractivity contribution in [1.82, 2.24) is 15.6 Å². The van der Waals surface area contributed by atoms with E-state index < -0.39 is 0 Å². The summed E-state index contributed by atoms with van der Waals surface area (Å²) in [5.74, 6) is 0.756. The maximum atomic E-state index is 13.2. The highest BCUT2D eigenvalue weighted by Crippen LogP contribution is 2.39. The number of amides is 1. The first-order chi connectivity index (χ1) is 12.5. The van der Waals surface area contributed by atoms with Crippen molar-refractivity contribution >= 4 is 17.5 Å². The van der Waals surface area contributed by atoms with E-state index in [1.54, 1.807) is 7.05 Å². The second-order valence-corrected chi connectivity index (χ2v) is 8.23. The Morgan fingerprint density at radius 3 is 2.62 bits per heavy atom. The SMILES string of the molecule is CNC(=O)C1(NCCC2CCC(c3ncc(F)cc3Cl)CC2)CCCC1. The van der Waals surface area contributed by atoms with Gasteiger partial charge < -0.3 is 10.6 Å². The fourth-order valence-electron chi connectivity index (χ4n) is 4.67. The van der Waals surface area contributed by atoms with Gasteiger partial charge in [0.15, 0.2) is 0 Å².